The third-order valence-corrected chi connectivity index (χ3v) is 4.32. The molecule has 0 spiro atoms. The summed E-state index contributed by atoms with van der Waals surface area (Å²) in [7, 11) is 0. The number of hydrogen-bond acceptors (Lipinski definition) is 2. The van der Waals surface area contributed by atoms with Gasteiger partial charge in [-0.25, -0.2) is 0 Å². The van der Waals surface area contributed by atoms with Crippen LogP contribution in [0.4, 0.5) is 0 Å². The Morgan fingerprint density at radius 1 is 1.24 bits per heavy atom. The SMILES string of the molecule is CC1CCCN(C(=O)c2ccc(CNC3CC3)cc2)C1.Cl. The number of carbonyl (C=O) groups excluding carboxylic acids is 1. The van der Waals surface area contributed by atoms with Crippen molar-refractivity contribution in [2.75, 3.05) is 13.1 Å². The van der Waals surface area contributed by atoms with Gasteiger partial charge >= 0.3 is 0 Å². The number of nitrogens with one attached hydrogen (secondary N) is 1. The minimum absolute atomic E-state index is 0. The highest BCUT2D eigenvalue weighted by atomic mass is 35.5. The van der Waals surface area contributed by atoms with E-state index < -0.39 is 0 Å². The zero-order valence-electron chi connectivity index (χ0n) is 12.7. The Balaban J connectivity index is 0.00000161. The van der Waals surface area contributed by atoms with Crippen LogP contribution in [0.5, 0.6) is 0 Å². The Hall–Kier alpha value is -1.06. The summed E-state index contributed by atoms with van der Waals surface area (Å²) in [6.45, 7) is 4.96. The Bertz CT molecular complexity index is 470. The van der Waals surface area contributed by atoms with Gasteiger partial charge in [0.25, 0.3) is 5.91 Å². The standard InChI is InChI=1S/C17H24N2O.ClH/c1-13-3-2-10-19(12-13)17(20)15-6-4-14(5-7-15)11-18-16-8-9-16;/h4-7,13,16,18H,2-3,8-12H2,1H3;1H. The molecule has 1 aliphatic heterocycles. The molecule has 1 aliphatic carbocycles. The summed E-state index contributed by atoms with van der Waals surface area (Å²) in [5, 5.41) is 3.50. The van der Waals surface area contributed by atoms with Crippen molar-refractivity contribution in [3.05, 3.63) is 35.4 Å². The van der Waals surface area contributed by atoms with Crippen molar-refractivity contribution in [2.45, 2.75) is 45.2 Å². The molecular formula is C17H25ClN2O. The number of halogens is 1. The van der Waals surface area contributed by atoms with E-state index >= 15 is 0 Å². The van der Waals surface area contributed by atoms with Gasteiger partial charge in [-0.2, -0.15) is 0 Å². The molecule has 21 heavy (non-hydrogen) atoms. The van der Waals surface area contributed by atoms with Crippen molar-refractivity contribution in [3.63, 3.8) is 0 Å². The maximum atomic E-state index is 12.4. The predicted molar refractivity (Wildman–Crippen MR) is 87.9 cm³/mol. The van der Waals surface area contributed by atoms with E-state index in [4.69, 9.17) is 0 Å². The Morgan fingerprint density at radius 2 is 1.95 bits per heavy atom. The Labute approximate surface area is 133 Å². The van der Waals surface area contributed by atoms with Gasteiger partial charge in [0.1, 0.15) is 0 Å². The molecule has 3 rings (SSSR count). The maximum Gasteiger partial charge on any atom is 0.253 e. The van der Waals surface area contributed by atoms with Crippen molar-refractivity contribution in [1.29, 1.82) is 0 Å². The largest absolute Gasteiger partial charge is 0.338 e. The van der Waals surface area contributed by atoms with Crippen molar-refractivity contribution in [3.8, 4) is 0 Å². The molecule has 0 aromatic heterocycles. The fraction of sp³-hybridized carbons (Fsp3) is 0.588. The normalized spacial score (nSPS) is 21.8. The van der Waals surface area contributed by atoms with Crippen LogP contribution in [0.2, 0.25) is 0 Å². The molecule has 2 fully saturated rings. The molecule has 1 unspecified atom stereocenters. The number of amides is 1. The van der Waals surface area contributed by atoms with Gasteiger partial charge in [0, 0.05) is 31.2 Å². The quantitative estimate of drug-likeness (QED) is 0.926. The van der Waals surface area contributed by atoms with Crippen LogP contribution >= 0.6 is 12.4 Å². The molecule has 1 aromatic rings. The molecule has 2 aliphatic rings. The lowest BCUT2D eigenvalue weighted by Gasteiger charge is -2.31. The monoisotopic (exact) mass is 308 g/mol. The minimum atomic E-state index is 0. The van der Waals surface area contributed by atoms with E-state index in [1.165, 1.54) is 24.8 Å². The van der Waals surface area contributed by atoms with Crippen LogP contribution in [0, 0.1) is 5.92 Å². The molecule has 1 N–H and O–H groups in total. The summed E-state index contributed by atoms with van der Waals surface area (Å²) in [4.78, 5) is 14.4. The van der Waals surface area contributed by atoms with Gasteiger partial charge in [-0.15, -0.1) is 12.4 Å². The van der Waals surface area contributed by atoms with Crippen LogP contribution in [-0.4, -0.2) is 29.9 Å². The summed E-state index contributed by atoms with van der Waals surface area (Å²) in [5.74, 6) is 0.827. The fourth-order valence-corrected chi connectivity index (χ4v) is 2.87. The molecule has 116 valence electrons. The number of rotatable bonds is 4. The molecule has 1 saturated heterocycles. The van der Waals surface area contributed by atoms with E-state index in [2.05, 4.69) is 24.4 Å². The second kappa shape index (κ2) is 7.28. The molecule has 0 radical (unpaired) electrons. The highest BCUT2D eigenvalue weighted by Crippen LogP contribution is 2.20. The highest BCUT2D eigenvalue weighted by Gasteiger charge is 2.22. The topological polar surface area (TPSA) is 32.3 Å². The first-order chi connectivity index (χ1) is 9.72. The average Bonchev–Trinajstić information content (AvgIpc) is 3.29. The smallest absolute Gasteiger partial charge is 0.253 e. The second-order valence-electron chi connectivity index (χ2n) is 6.35. The van der Waals surface area contributed by atoms with E-state index in [0.717, 1.165) is 37.7 Å². The highest BCUT2D eigenvalue weighted by molar-refractivity contribution is 5.94. The van der Waals surface area contributed by atoms with Gasteiger partial charge in [-0.3, -0.25) is 4.79 Å². The third-order valence-electron chi connectivity index (χ3n) is 4.32. The van der Waals surface area contributed by atoms with Crippen molar-refractivity contribution in [1.82, 2.24) is 10.2 Å². The predicted octanol–water partition coefficient (Wildman–Crippen LogP) is 3.23. The lowest BCUT2D eigenvalue weighted by Crippen LogP contribution is -2.39. The first kappa shape index (κ1) is 16.3. The van der Waals surface area contributed by atoms with Crippen LogP contribution in [0.1, 0.15) is 48.5 Å². The van der Waals surface area contributed by atoms with Crippen LogP contribution in [-0.2, 0) is 6.54 Å². The fourth-order valence-electron chi connectivity index (χ4n) is 2.87. The first-order valence-electron chi connectivity index (χ1n) is 7.84. The van der Waals surface area contributed by atoms with Gasteiger partial charge in [0.15, 0.2) is 0 Å². The van der Waals surface area contributed by atoms with Crippen molar-refractivity contribution < 1.29 is 4.79 Å². The number of benzene rings is 1. The second-order valence-corrected chi connectivity index (χ2v) is 6.35. The molecule has 1 amide bonds. The minimum Gasteiger partial charge on any atom is -0.338 e. The summed E-state index contributed by atoms with van der Waals surface area (Å²) in [6.07, 6.45) is 5.00. The Morgan fingerprint density at radius 3 is 2.57 bits per heavy atom. The van der Waals surface area contributed by atoms with Crippen LogP contribution < -0.4 is 5.32 Å². The van der Waals surface area contributed by atoms with Crippen molar-refractivity contribution in [2.24, 2.45) is 5.92 Å². The lowest BCUT2D eigenvalue weighted by atomic mass is 9.99. The van der Waals surface area contributed by atoms with E-state index in [9.17, 15) is 4.79 Å². The van der Waals surface area contributed by atoms with Gasteiger partial charge in [-0.05, 0) is 49.3 Å². The summed E-state index contributed by atoms with van der Waals surface area (Å²) >= 11 is 0. The Kier molecular flexibility index (Phi) is 5.65. The van der Waals surface area contributed by atoms with Crippen LogP contribution in [0.15, 0.2) is 24.3 Å². The van der Waals surface area contributed by atoms with Gasteiger partial charge in [-0.1, -0.05) is 19.1 Å². The van der Waals surface area contributed by atoms with Gasteiger partial charge in [0.05, 0.1) is 0 Å². The number of carbonyl (C=O) groups is 1. The zero-order chi connectivity index (χ0) is 13.9. The number of nitrogens with zero attached hydrogens (tertiary/aromatic N) is 1. The van der Waals surface area contributed by atoms with Crippen molar-refractivity contribution >= 4 is 18.3 Å². The molecule has 1 atom stereocenters. The maximum absolute atomic E-state index is 12.4. The summed E-state index contributed by atoms with van der Waals surface area (Å²) < 4.78 is 0. The number of hydrogen-bond donors (Lipinski definition) is 1. The zero-order valence-corrected chi connectivity index (χ0v) is 13.5. The van der Waals surface area contributed by atoms with Gasteiger partial charge in [0.2, 0.25) is 0 Å². The van der Waals surface area contributed by atoms with E-state index in [1.54, 1.807) is 0 Å². The molecule has 1 heterocycles. The lowest BCUT2D eigenvalue weighted by molar-refractivity contribution is 0.0683. The third kappa shape index (κ3) is 4.45. The van der Waals surface area contributed by atoms with Gasteiger partial charge < -0.3 is 10.2 Å². The first-order valence-corrected chi connectivity index (χ1v) is 7.84. The molecule has 3 nitrogen and oxygen atoms in total. The average molecular weight is 309 g/mol. The van der Waals surface area contributed by atoms with E-state index in [-0.39, 0.29) is 18.3 Å². The van der Waals surface area contributed by atoms with Crippen LogP contribution in [0.25, 0.3) is 0 Å². The van der Waals surface area contributed by atoms with Crippen LogP contribution in [0.3, 0.4) is 0 Å². The molecule has 1 aromatic carbocycles. The molecule has 1 saturated carbocycles. The summed E-state index contributed by atoms with van der Waals surface area (Å²) in [6, 6.07) is 8.84. The number of piperidine rings is 1. The number of likely N-dealkylation sites (tertiary alicyclic amines) is 1. The molecule has 4 heteroatoms. The summed E-state index contributed by atoms with van der Waals surface area (Å²) in [5.41, 5.74) is 2.09. The molecule has 0 bridgehead atoms. The van der Waals surface area contributed by atoms with E-state index in [1.807, 2.05) is 17.0 Å². The van der Waals surface area contributed by atoms with E-state index in [0.29, 0.717) is 5.92 Å². The molecular weight excluding hydrogens is 284 g/mol.